The molecule has 0 bridgehead atoms. The van der Waals surface area contributed by atoms with Crippen molar-refractivity contribution >= 4 is 28.9 Å². The summed E-state index contributed by atoms with van der Waals surface area (Å²) >= 11 is 0. The Morgan fingerprint density at radius 2 is 1.83 bits per heavy atom. The van der Waals surface area contributed by atoms with Crippen molar-refractivity contribution in [2.24, 2.45) is 0 Å². The van der Waals surface area contributed by atoms with Crippen LogP contribution in [0.2, 0.25) is 0 Å². The SMILES string of the molecule is Cc1cc(COc2ccc([C@]3(NC(=O)OC(C)(C)C)CNC(=O)NC3=O)cc2)c2ccccc2n1. The molecule has 4 rings (SSSR count). The Morgan fingerprint density at radius 3 is 2.51 bits per heavy atom. The van der Waals surface area contributed by atoms with E-state index in [4.69, 9.17) is 9.47 Å². The molecular weight excluding hydrogens is 448 g/mol. The molecule has 1 aliphatic rings. The topological polar surface area (TPSA) is 119 Å². The Hall–Kier alpha value is -4.14. The minimum absolute atomic E-state index is 0.126. The van der Waals surface area contributed by atoms with Gasteiger partial charge in [-0.2, -0.15) is 0 Å². The zero-order valence-corrected chi connectivity index (χ0v) is 20.1. The summed E-state index contributed by atoms with van der Waals surface area (Å²) in [5, 5.41) is 8.46. The number of hydrogen-bond acceptors (Lipinski definition) is 6. The maximum Gasteiger partial charge on any atom is 0.408 e. The molecule has 1 atom stereocenters. The van der Waals surface area contributed by atoms with Gasteiger partial charge >= 0.3 is 12.1 Å². The van der Waals surface area contributed by atoms with Gasteiger partial charge < -0.3 is 20.1 Å². The van der Waals surface area contributed by atoms with Crippen LogP contribution in [0.25, 0.3) is 10.9 Å². The van der Waals surface area contributed by atoms with Gasteiger partial charge in [0, 0.05) is 16.6 Å². The van der Waals surface area contributed by atoms with Gasteiger partial charge in [0.15, 0.2) is 5.54 Å². The number of para-hydroxylation sites is 1. The number of benzene rings is 2. The number of imide groups is 1. The van der Waals surface area contributed by atoms with E-state index in [-0.39, 0.29) is 6.54 Å². The van der Waals surface area contributed by atoms with Crippen molar-refractivity contribution in [2.45, 2.75) is 45.4 Å². The van der Waals surface area contributed by atoms with E-state index in [1.807, 2.05) is 37.3 Å². The van der Waals surface area contributed by atoms with E-state index in [0.29, 0.717) is 17.9 Å². The number of aromatic nitrogens is 1. The summed E-state index contributed by atoms with van der Waals surface area (Å²) in [5.41, 5.74) is 0.994. The third kappa shape index (κ3) is 5.34. The zero-order chi connectivity index (χ0) is 25.2. The lowest BCUT2D eigenvalue weighted by Gasteiger charge is -2.37. The van der Waals surface area contributed by atoms with Crippen LogP contribution in [0.15, 0.2) is 54.6 Å². The smallest absolute Gasteiger partial charge is 0.408 e. The molecule has 0 spiro atoms. The second-order valence-electron chi connectivity index (χ2n) is 9.42. The van der Waals surface area contributed by atoms with Crippen LogP contribution in [0.5, 0.6) is 5.75 Å². The first-order chi connectivity index (χ1) is 16.6. The van der Waals surface area contributed by atoms with Crippen LogP contribution in [-0.4, -0.2) is 35.2 Å². The third-order valence-corrected chi connectivity index (χ3v) is 5.51. The van der Waals surface area contributed by atoms with Crippen LogP contribution >= 0.6 is 0 Å². The van der Waals surface area contributed by atoms with Gasteiger partial charge in [-0.1, -0.05) is 30.3 Å². The minimum Gasteiger partial charge on any atom is -0.489 e. The first-order valence-corrected chi connectivity index (χ1v) is 11.2. The first kappa shape index (κ1) is 24.0. The van der Waals surface area contributed by atoms with Crippen LogP contribution in [0.1, 0.15) is 37.6 Å². The zero-order valence-electron chi connectivity index (χ0n) is 20.1. The Morgan fingerprint density at radius 1 is 1.11 bits per heavy atom. The largest absolute Gasteiger partial charge is 0.489 e. The number of nitrogens with one attached hydrogen (secondary N) is 3. The second kappa shape index (κ2) is 9.25. The molecule has 0 saturated carbocycles. The fourth-order valence-electron chi connectivity index (χ4n) is 3.94. The lowest BCUT2D eigenvalue weighted by Crippen LogP contribution is -2.68. The van der Waals surface area contributed by atoms with E-state index in [9.17, 15) is 14.4 Å². The first-order valence-electron chi connectivity index (χ1n) is 11.2. The van der Waals surface area contributed by atoms with Crippen molar-refractivity contribution in [1.82, 2.24) is 20.9 Å². The highest BCUT2D eigenvalue weighted by molar-refractivity contribution is 6.04. The lowest BCUT2D eigenvalue weighted by molar-refractivity contribution is -0.127. The van der Waals surface area contributed by atoms with E-state index in [1.54, 1.807) is 45.0 Å². The average Bonchev–Trinajstić information content (AvgIpc) is 2.78. The number of urea groups is 1. The number of rotatable bonds is 5. The molecule has 9 nitrogen and oxygen atoms in total. The predicted octanol–water partition coefficient (Wildman–Crippen LogP) is 3.68. The number of carbonyl (C=O) groups excluding carboxylic acids is 3. The number of fused-ring (bicyclic) bond motifs is 1. The molecule has 0 aliphatic carbocycles. The quantitative estimate of drug-likeness (QED) is 0.517. The summed E-state index contributed by atoms with van der Waals surface area (Å²) in [4.78, 5) is 41.7. The van der Waals surface area contributed by atoms with Crippen molar-refractivity contribution in [3.63, 3.8) is 0 Å². The van der Waals surface area contributed by atoms with Gasteiger partial charge in [-0.05, 0) is 57.5 Å². The van der Waals surface area contributed by atoms with Gasteiger partial charge in [-0.25, -0.2) is 9.59 Å². The number of hydrogen-bond donors (Lipinski definition) is 3. The Labute approximate surface area is 203 Å². The predicted molar refractivity (Wildman–Crippen MR) is 130 cm³/mol. The number of ether oxygens (including phenoxy) is 2. The van der Waals surface area contributed by atoms with Crippen LogP contribution in [0.3, 0.4) is 0 Å². The molecule has 1 fully saturated rings. The van der Waals surface area contributed by atoms with E-state index < -0.39 is 29.2 Å². The molecule has 3 aromatic rings. The minimum atomic E-state index is -1.53. The highest BCUT2D eigenvalue weighted by atomic mass is 16.6. The maximum absolute atomic E-state index is 12.9. The van der Waals surface area contributed by atoms with Gasteiger partial charge in [0.05, 0.1) is 12.1 Å². The molecule has 0 unspecified atom stereocenters. The summed E-state index contributed by atoms with van der Waals surface area (Å²) in [7, 11) is 0. The Kier molecular flexibility index (Phi) is 6.34. The number of nitrogens with zero attached hydrogens (tertiary/aromatic N) is 1. The molecule has 1 aliphatic heterocycles. The van der Waals surface area contributed by atoms with Crippen molar-refractivity contribution in [2.75, 3.05) is 6.54 Å². The summed E-state index contributed by atoms with van der Waals surface area (Å²) in [6, 6.07) is 16.0. The molecule has 0 radical (unpaired) electrons. The number of pyridine rings is 1. The molecule has 9 heteroatoms. The number of amides is 4. The Bertz CT molecular complexity index is 1280. The van der Waals surface area contributed by atoms with Crippen molar-refractivity contribution < 1.29 is 23.9 Å². The molecule has 1 aromatic heterocycles. The molecule has 3 N–H and O–H groups in total. The second-order valence-corrected chi connectivity index (χ2v) is 9.42. The van der Waals surface area contributed by atoms with Crippen molar-refractivity contribution in [3.8, 4) is 5.75 Å². The van der Waals surface area contributed by atoms with Gasteiger partial charge in [0.1, 0.15) is 18.0 Å². The molecular formula is C26H28N4O5. The van der Waals surface area contributed by atoms with Gasteiger partial charge in [-0.15, -0.1) is 0 Å². The molecule has 2 aromatic carbocycles. The van der Waals surface area contributed by atoms with Gasteiger partial charge in [-0.3, -0.25) is 15.1 Å². The van der Waals surface area contributed by atoms with Crippen molar-refractivity contribution in [3.05, 3.63) is 71.4 Å². The monoisotopic (exact) mass is 476 g/mol. The summed E-state index contributed by atoms with van der Waals surface area (Å²) in [5.74, 6) is -0.0699. The summed E-state index contributed by atoms with van der Waals surface area (Å²) < 4.78 is 11.4. The lowest BCUT2D eigenvalue weighted by atomic mass is 9.87. The van der Waals surface area contributed by atoms with E-state index >= 15 is 0 Å². The molecule has 4 amide bonds. The number of alkyl carbamates (subject to hydrolysis) is 1. The fourth-order valence-corrected chi connectivity index (χ4v) is 3.94. The normalized spacial score (nSPS) is 17.9. The standard InChI is InChI=1S/C26H28N4O5/c1-16-13-17(20-7-5-6-8-21(20)28-16)14-34-19-11-9-18(10-12-19)26(15-27-23(32)29-22(26)31)30-24(33)35-25(2,3)4/h5-13H,14-15H2,1-4H3,(H,30,33)(H2,27,29,31,32)/t26-/m1/s1. The molecule has 2 heterocycles. The third-order valence-electron chi connectivity index (χ3n) is 5.51. The van der Waals surface area contributed by atoms with E-state index in [0.717, 1.165) is 22.2 Å². The highest BCUT2D eigenvalue weighted by Crippen LogP contribution is 2.27. The average molecular weight is 477 g/mol. The molecule has 182 valence electrons. The van der Waals surface area contributed by atoms with Crippen molar-refractivity contribution in [1.29, 1.82) is 0 Å². The number of aryl methyl sites for hydroxylation is 1. The Balaban J connectivity index is 1.56. The highest BCUT2D eigenvalue weighted by Gasteiger charge is 2.46. The van der Waals surface area contributed by atoms with E-state index in [1.165, 1.54) is 0 Å². The van der Waals surface area contributed by atoms with Gasteiger partial charge in [0.25, 0.3) is 5.91 Å². The van der Waals surface area contributed by atoms with Crippen LogP contribution in [-0.2, 0) is 21.7 Å². The molecule has 1 saturated heterocycles. The summed E-state index contributed by atoms with van der Waals surface area (Å²) in [6.07, 6.45) is -0.774. The fraction of sp³-hybridized carbons (Fsp3) is 0.308. The number of carbonyl (C=O) groups is 3. The van der Waals surface area contributed by atoms with Crippen LogP contribution in [0, 0.1) is 6.92 Å². The van der Waals surface area contributed by atoms with Gasteiger partial charge in [0.2, 0.25) is 0 Å². The maximum atomic E-state index is 12.9. The molecule has 35 heavy (non-hydrogen) atoms. The van der Waals surface area contributed by atoms with Crippen LogP contribution < -0.4 is 20.7 Å². The van der Waals surface area contributed by atoms with E-state index in [2.05, 4.69) is 20.9 Å². The van der Waals surface area contributed by atoms with Crippen LogP contribution in [0.4, 0.5) is 9.59 Å². The summed E-state index contributed by atoms with van der Waals surface area (Å²) in [6.45, 7) is 7.32.